The van der Waals surface area contributed by atoms with E-state index in [9.17, 15) is 39.9 Å². The van der Waals surface area contributed by atoms with Gasteiger partial charge in [-0.15, -0.1) is 0 Å². The number of aliphatic hydroxyl groups is 3. The fourth-order valence-corrected chi connectivity index (χ4v) is 6.31. The minimum Gasteiger partial charge on any atom is -0.507 e. The minimum absolute atomic E-state index is 0.0224. The van der Waals surface area contributed by atoms with Gasteiger partial charge in [0.1, 0.15) is 29.5 Å². The first-order chi connectivity index (χ1) is 19.8. The number of methoxy groups -OCH3 is 1. The molecule has 0 spiro atoms. The number of aromatic hydroxyl groups is 2. The van der Waals surface area contributed by atoms with Crippen LogP contribution in [-0.4, -0.2) is 92.8 Å². The van der Waals surface area contributed by atoms with Crippen LogP contribution in [0.15, 0.2) is 18.2 Å². The van der Waals surface area contributed by atoms with Crippen molar-refractivity contribution in [3.8, 4) is 17.2 Å². The van der Waals surface area contributed by atoms with Crippen molar-refractivity contribution in [1.29, 1.82) is 0 Å². The number of aliphatic hydroxyl groups excluding tert-OH is 2. The predicted molar refractivity (Wildman–Crippen MR) is 146 cm³/mol. The standard InChI is InChI=1S/C30H35NO11/c1-12(2)31-16-8-20(41-13(3)25(16)34)42-18-10-30(39,19(33)11-32)9-15-22(18)29(38)24-23(27(15)36)26(35)14-6-5-7-17(40-4)21(14)28(24)37/h5-7,12-13,16,18,20,25,31-32,34,36,38-39H,8-11H2,1-4H3/t13?,16?,18?,20-,25?,30-/m0/s1. The molecule has 1 aliphatic heterocycles. The summed E-state index contributed by atoms with van der Waals surface area (Å²) in [6.45, 7) is 4.47. The lowest BCUT2D eigenvalue weighted by Crippen LogP contribution is -2.56. The summed E-state index contributed by atoms with van der Waals surface area (Å²) >= 11 is 0. The largest absolute Gasteiger partial charge is 0.507 e. The van der Waals surface area contributed by atoms with E-state index in [0.29, 0.717) is 0 Å². The maximum atomic E-state index is 13.8. The van der Waals surface area contributed by atoms with E-state index >= 15 is 0 Å². The molecule has 2 aliphatic carbocycles. The van der Waals surface area contributed by atoms with E-state index in [0.717, 1.165) is 0 Å². The van der Waals surface area contributed by atoms with Crippen LogP contribution in [0.5, 0.6) is 17.2 Å². The fourth-order valence-electron chi connectivity index (χ4n) is 6.31. The second-order valence-corrected chi connectivity index (χ2v) is 11.4. The zero-order valence-corrected chi connectivity index (χ0v) is 23.7. The lowest BCUT2D eigenvalue weighted by molar-refractivity contribution is -0.250. The number of hydrogen-bond acceptors (Lipinski definition) is 12. The summed E-state index contributed by atoms with van der Waals surface area (Å²) in [5, 5.41) is 57.9. The fraction of sp³-hybridized carbons (Fsp3) is 0.500. The van der Waals surface area contributed by atoms with Gasteiger partial charge in [-0.25, -0.2) is 0 Å². The van der Waals surface area contributed by atoms with Gasteiger partial charge in [-0.3, -0.25) is 14.4 Å². The van der Waals surface area contributed by atoms with Crippen LogP contribution in [0.4, 0.5) is 0 Å². The summed E-state index contributed by atoms with van der Waals surface area (Å²) in [6, 6.07) is 3.98. The normalized spacial score (nSPS) is 28.7. The number of fused-ring (bicyclic) bond motifs is 3. The molecule has 3 aliphatic rings. The highest BCUT2D eigenvalue weighted by atomic mass is 16.7. The number of Topliss-reactive ketones (excluding diaryl/α,β-unsaturated/α-hetero) is 1. The molecule has 0 saturated carbocycles. The maximum Gasteiger partial charge on any atom is 0.202 e. The summed E-state index contributed by atoms with van der Waals surface area (Å²) in [6.07, 6.45) is -4.71. The number of hydrogen-bond donors (Lipinski definition) is 6. The Morgan fingerprint density at radius 2 is 1.83 bits per heavy atom. The quantitative estimate of drug-likeness (QED) is 0.216. The topological polar surface area (TPSA) is 192 Å². The van der Waals surface area contributed by atoms with Crippen molar-refractivity contribution in [2.24, 2.45) is 0 Å². The molecular formula is C30H35NO11. The van der Waals surface area contributed by atoms with Gasteiger partial charge in [0.15, 0.2) is 17.9 Å². The van der Waals surface area contributed by atoms with Gasteiger partial charge in [-0.05, 0) is 13.0 Å². The molecule has 42 heavy (non-hydrogen) atoms. The van der Waals surface area contributed by atoms with Crippen LogP contribution < -0.4 is 10.1 Å². The highest BCUT2D eigenvalue weighted by molar-refractivity contribution is 6.31. The number of rotatable bonds is 7. The van der Waals surface area contributed by atoms with E-state index in [1.54, 1.807) is 6.92 Å². The summed E-state index contributed by atoms with van der Waals surface area (Å²) in [5.74, 6) is -3.69. The molecule has 0 radical (unpaired) electrons. The average Bonchev–Trinajstić information content (AvgIpc) is 2.94. The molecule has 1 heterocycles. The zero-order chi connectivity index (χ0) is 30.7. The van der Waals surface area contributed by atoms with Gasteiger partial charge in [-0.2, -0.15) is 0 Å². The Hall–Kier alpha value is -3.39. The van der Waals surface area contributed by atoms with E-state index in [2.05, 4.69) is 5.32 Å². The molecule has 6 atom stereocenters. The number of ether oxygens (including phenoxy) is 3. The Bertz CT molecular complexity index is 1450. The second-order valence-electron chi connectivity index (χ2n) is 11.4. The van der Waals surface area contributed by atoms with Crippen LogP contribution in [0.25, 0.3) is 0 Å². The van der Waals surface area contributed by atoms with Crippen molar-refractivity contribution in [1.82, 2.24) is 5.32 Å². The molecule has 4 unspecified atom stereocenters. The van der Waals surface area contributed by atoms with Crippen molar-refractivity contribution in [2.45, 2.75) is 82.3 Å². The molecule has 0 aromatic heterocycles. The van der Waals surface area contributed by atoms with E-state index in [4.69, 9.17) is 14.2 Å². The Morgan fingerprint density at radius 3 is 2.48 bits per heavy atom. The van der Waals surface area contributed by atoms with Crippen molar-refractivity contribution < 1.29 is 54.1 Å². The van der Waals surface area contributed by atoms with Crippen LogP contribution in [0.1, 0.15) is 82.7 Å². The highest BCUT2D eigenvalue weighted by Crippen LogP contribution is 2.52. The van der Waals surface area contributed by atoms with Crippen molar-refractivity contribution in [2.75, 3.05) is 13.7 Å². The summed E-state index contributed by atoms with van der Waals surface area (Å²) in [4.78, 5) is 40.1. The number of ketones is 3. The second kappa shape index (κ2) is 11.0. The number of carbonyl (C=O) groups excluding carboxylic acids is 3. The van der Waals surface area contributed by atoms with Crippen LogP contribution in [-0.2, 0) is 20.7 Å². The third-order valence-corrected chi connectivity index (χ3v) is 8.31. The van der Waals surface area contributed by atoms with Gasteiger partial charge >= 0.3 is 0 Å². The predicted octanol–water partition coefficient (Wildman–Crippen LogP) is 1.04. The molecule has 2 aromatic carbocycles. The smallest absolute Gasteiger partial charge is 0.202 e. The molecule has 12 nitrogen and oxygen atoms in total. The summed E-state index contributed by atoms with van der Waals surface area (Å²) in [7, 11) is 1.33. The van der Waals surface area contributed by atoms with Gasteiger partial charge in [0.05, 0.1) is 42.1 Å². The third kappa shape index (κ3) is 4.77. The maximum absolute atomic E-state index is 13.8. The van der Waals surface area contributed by atoms with Gasteiger partial charge in [0, 0.05) is 48.0 Å². The van der Waals surface area contributed by atoms with Crippen molar-refractivity contribution in [3.05, 3.63) is 51.6 Å². The number of phenolic OH excluding ortho intramolecular Hbond substituents is 2. The molecular weight excluding hydrogens is 550 g/mol. The van der Waals surface area contributed by atoms with Gasteiger partial charge in [0.2, 0.25) is 5.78 Å². The molecule has 5 rings (SSSR count). The van der Waals surface area contributed by atoms with E-state index in [1.165, 1.54) is 25.3 Å². The third-order valence-electron chi connectivity index (χ3n) is 8.31. The molecule has 0 amide bonds. The molecule has 1 saturated heterocycles. The Morgan fingerprint density at radius 1 is 1.14 bits per heavy atom. The number of phenols is 2. The minimum atomic E-state index is -2.23. The first-order valence-corrected chi connectivity index (χ1v) is 13.8. The molecule has 0 bridgehead atoms. The lowest BCUT2D eigenvalue weighted by Gasteiger charge is -2.43. The highest BCUT2D eigenvalue weighted by Gasteiger charge is 2.50. The zero-order valence-electron chi connectivity index (χ0n) is 23.7. The van der Waals surface area contributed by atoms with Crippen LogP contribution in [0.3, 0.4) is 0 Å². The first-order valence-electron chi connectivity index (χ1n) is 13.8. The summed E-state index contributed by atoms with van der Waals surface area (Å²) in [5.41, 5.74) is -3.52. The Kier molecular flexibility index (Phi) is 7.90. The van der Waals surface area contributed by atoms with Crippen LogP contribution >= 0.6 is 0 Å². The van der Waals surface area contributed by atoms with Gasteiger partial charge in [0.25, 0.3) is 0 Å². The Labute approximate surface area is 241 Å². The lowest BCUT2D eigenvalue weighted by atomic mass is 9.72. The Balaban J connectivity index is 1.65. The summed E-state index contributed by atoms with van der Waals surface area (Å²) < 4.78 is 17.4. The molecule has 12 heteroatoms. The van der Waals surface area contributed by atoms with E-state index < -0.39 is 95.7 Å². The number of nitrogens with one attached hydrogen (secondary N) is 1. The molecule has 1 fully saturated rings. The van der Waals surface area contributed by atoms with Crippen LogP contribution in [0, 0.1) is 0 Å². The molecule has 2 aromatic rings. The van der Waals surface area contributed by atoms with Gasteiger partial charge < -0.3 is 45.1 Å². The SMILES string of the molecule is COc1cccc2c1C(=O)c1c(O)c3c(c(O)c1C2=O)C[C@@](O)(C(=O)CO)CC3O[C@H]1CC(NC(C)C)C(O)C(C)O1. The van der Waals surface area contributed by atoms with E-state index in [1.807, 2.05) is 13.8 Å². The average molecular weight is 586 g/mol. The molecule has 6 N–H and O–H groups in total. The number of carbonyl (C=O) groups is 3. The van der Waals surface area contributed by atoms with Gasteiger partial charge in [-0.1, -0.05) is 26.0 Å². The first kappa shape index (κ1) is 30.1. The molecule has 226 valence electrons. The monoisotopic (exact) mass is 585 g/mol. The van der Waals surface area contributed by atoms with E-state index in [-0.39, 0.29) is 40.5 Å². The number of benzene rings is 2. The van der Waals surface area contributed by atoms with Crippen molar-refractivity contribution >= 4 is 17.3 Å². The van der Waals surface area contributed by atoms with Crippen LogP contribution in [0.2, 0.25) is 0 Å². The van der Waals surface area contributed by atoms with Crippen molar-refractivity contribution in [3.63, 3.8) is 0 Å².